The third kappa shape index (κ3) is 2.98. The molecule has 4 nitrogen and oxygen atoms in total. The molecule has 0 aliphatic rings. The summed E-state index contributed by atoms with van der Waals surface area (Å²) in [6.45, 7) is 7.06. The van der Waals surface area contributed by atoms with Gasteiger partial charge in [0.25, 0.3) is 0 Å². The van der Waals surface area contributed by atoms with Crippen LogP contribution in [0.15, 0.2) is 12.1 Å². The predicted octanol–water partition coefficient (Wildman–Crippen LogP) is 3.12. The summed E-state index contributed by atoms with van der Waals surface area (Å²) in [6, 6.07) is 4.17. The molecule has 2 aromatic rings. The van der Waals surface area contributed by atoms with E-state index in [1.165, 1.54) is 15.3 Å². The Bertz CT molecular complexity index is 528. The maximum atomic E-state index is 4.37. The van der Waals surface area contributed by atoms with Crippen molar-refractivity contribution < 1.29 is 0 Å². The Hall–Kier alpha value is -1.62. The van der Waals surface area contributed by atoms with Gasteiger partial charge in [0.2, 0.25) is 5.95 Å². The number of aryl methyl sites for hydroxylation is 3. The molecule has 2 rings (SSSR count). The Labute approximate surface area is 111 Å². The minimum Gasteiger partial charge on any atom is -0.365 e. The molecule has 2 aromatic heterocycles. The van der Waals surface area contributed by atoms with Crippen LogP contribution in [0.5, 0.6) is 0 Å². The number of anilines is 2. The highest BCUT2D eigenvalue weighted by Crippen LogP contribution is 2.21. The van der Waals surface area contributed by atoms with Gasteiger partial charge >= 0.3 is 0 Å². The number of thiophene rings is 1. The summed E-state index contributed by atoms with van der Waals surface area (Å²) in [4.78, 5) is 11.3. The Balaban J connectivity index is 2.07. The summed E-state index contributed by atoms with van der Waals surface area (Å²) in [5.41, 5.74) is 2.31. The van der Waals surface area contributed by atoms with E-state index in [0.717, 1.165) is 18.1 Å². The maximum absolute atomic E-state index is 4.37. The minimum absolute atomic E-state index is 0.649. The van der Waals surface area contributed by atoms with Crippen LogP contribution in [0.25, 0.3) is 0 Å². The van der Waals surface area contributed by atoms with Gasteiger partial charge in [-0.05, 0) is 32.4 Å². The zero-order valence-corrected chi connectivity index (χ0v) is 12.0. The van der Waals surface area contributed by atoms with E-state index in [1.807, 2.05) is 31.4 Å². The van der Waals surface area contributed by atoms with E-state index in [2.05, 4.69) is 40.5 Å². The van der Waals surface area contributed by atoms with E-state index in [9.17, 15) is 0 Å². The Morgan fingerprint density at radius 1 is 1.17 bits per heavy atom. The first-order chi connectivity index (χ1) is 8.58. The molecular formula is C13H18N4S. The van der Waals surface area contributed by atoms with Gasteiger partial charge in [-0.3, -0.25) is 0 Å². The average molecular weight is 262 g/mol. The average Bonchev–Trinajstić information content (AvgIpc) is 2.65. The quantitative estimate of drug-likeness (QED) is 0.889. The Kier molecular flexibility index (Phi) is 3.81. The van der Waals surface area contributed by atoms with E-state index in [0.29, 0.717) is 5.95 Å². The SMILES string of the molecule is CNc1nc(C)cc(NCc2cc(C)c(C)s2)n1. The highest BCUT2D eigenvalue weighted by Gasteiger charge is 2.03. The molecule has 0 atom stereocenters. The second-order valence-corrected chi connectivity index (χ2v) is 5.61. The maximum Gasteiger partial charge on any atom is 0.224 e. The first kappa shape index (κ1) is 12.8. The van der Waals surface area contributed by atoms with Crippen molar-refractivity contribution in [3.63, 3.8) is 0 Å². The molecule has 0 saturated heterocycles. The van der Waals surface area contributed by atoms with Crippen molar-refractivity contribution in [3.05, 3.63) is 33.1 Å². The molecule has 0 aliphatic carbocycles. The molecule has 5 heteroatoms. The van der Waals surface area contributed by atoms with E-state index >= 15 is 0 Å². The van der Waals surface area contributed by atoms with Crippen LogP contribution >= 0.6 is 11.3 Å². The van der Waals surface area contributed by atoms with Gasteiger partial charge in [0.05, 0.1) is 6.54 Å². The summed E-state index contributed by atoms with van der Waals surface area (Å²) in [5, 5.41) is 6.30. The first-order valence-corrected chi connectivity index (χ1v) is 6.73. The lowest BCUT2D eigenvalue weighted by molar-refractivity contribution is 1.06. The third-order valence-corrected chi connectivity index (χ3v) is 3.89. The molecule has 0 aromatic carbocycles. The fourth-order valence-electron chi connectivity index (χ4n) is 1.69. The normalized spacial score (nSPS) is 10.4. The van der Waals surface area contributed by atoms with Gasteiger partial charge in [0.15, 0.2) is 0 Å². The number of nitrogens with zero attached hydrogens (tertiary/aromatic N) is 2. The van der Waals surface area contributed by atoms with Crippen LogP contribution in [0.3, 0.4) is 0 Å². The van der Waals surface area contributed by atoms with Crippen molar-refractivity contribution in [1.29, 1.82) is 0 Å². The van der Waals surface area contributed by atoms with Gasteiger partial charge in [0.1, 0.15) is 5.82 Å². The van der Waals surface area contributed by atoms with Gasteiger partial charge in [0, 0.05) is 28.6 Å². The highest BCUT2D eigenvalue weighted by atomic mass is 32.1. The zero-order valence-electron chi connectivity index (χ0n) is 11.2. The van der Waals surface area contributed by atoms with Crippen LogP contribution in [0.1, 0.15) is 21.0 Å². The van der Waals surface area contributed by atoms with E-state index in [1.54, 1.807) is 0 Å². The molecule has 0 radical (unpaired) electrons. The summed E-state index contributed by atoms with van der Waals surface area (Å²) >= 11 is 1.83. The summed E-state index contributed by atoms with van der Waals surface area (Å²) in [6.07, 6.45) is 0. The van der Waals surface area contributed by atoms with Crippen molar-refractivity contribution in [3.8, 4) is 0 Å². The predicted molar refractivity (Wildman–Crippen MR) is 77.4 cm³/mol. The van der Waals surface area contributed by atoms with Gasteiger partial charge in [-0.1, -0.05) is 0 Å². The van der Waals surface area contributed by atoms with Crippen LogP contribution in [-0.2, 0) is 6.54 Å². The zero-order chi connectivity index (χ0) is 13.1. The second-order valence-electron chi connectivity index (χ2n) is 4.27. The van der Waals surface area contributed by atoms with E-state index in [-0.39, 0.29) is 0 Å². The van der Waals surface area contributed by atoms with Gasteiger partial charge < -0.3 is 10.6 Å². The van der Waals surface area contributed by atoms with Crippen LogP contribution in [0, 0.1) is 20.8 Å². The number of aromatic nitrogens is 2. The summed E-state index contributed by atoms with van der Waals surface area (Å²) in [7, 11) is 1.82. The van der Waals surface area contributed by atoms with Crippen molar-refractivity contribution in [1.82, 2.24) is 9.97 Å². The van der Waals surface area contributed by atoms with Gasteiger partial charge in [-0.25, -0.2) is 4.98 Å². The number of hydrogen-bond donors (Lipinski definition) is 2. The third-order valence-electron chi connectivity index (χ3n) is 2.74. The summed E-state index contributed by atoms with van der Waals surface area (Å²) < 4.78 is 0. The molecule has 0 aliphatic heterocycles. The molecule has 0 spiro atoms. The number of rotatable bonds is 4. The van der Waals surface area contributed by atoms with E-state index in [4.69, 9.17) is 0 Å². The molecule has 0 saturated carbocycles. The lowest BCUT2D eigenvalue weighted by Crippen LogP contribution is -2.04. The van der Waals surface area contributed by atoms with Crippen LogP contribution in [0.4, 0.5) is 11.8 Å². The fourth-order valence-corrected chi connectivity index (χ4v) is 2.68. The Morgan fingerprint density at radius 2 is 1.94 bits per heavy atom. The molecule has 2 heterocycles. The standard InChI is InChI=1S/C13H18N4S/c1-8-5-11(18-10(8)3)7-15-12-6-9(2)16-13(14-4)17-12/h5-6H,7H2,1-4H3,(H2,14,15,16,17). The lowest BCUT2D eigenvalue weighted by Gasteiger charge is -2.07. The second kappa shape index (κ2) is 5.35. The fraction of sp³-hybridized carbons (Fsp3) is 0.385. The lowest BCUT2D eigenvalue weighted by atomic mass is 10.3. The monoisotopic (exact) mass is 262 g/mol. The molecule has 18 heavy (non-hydrogen) atoms. The van der Waals surface area contributed by atoms with Crippen molar-refractivity contribution in [2.45, 2.75) is 27.3 Å². The molecular weight excluding hydrogens is 244 g/mol. The topological polar surface area (TPSA) is 49.8 Å². The number of hydrogen-bond acceptors (Lipinski definition) is 5. The number of nitrogens with one attached hydrogen (secondary N) is 2. The molecule has 0 bridgehead atoms. The smallest absolute Gasteiger partial charge is 0.224 e. The van der Waals surface area contributed by atoms with Crippen molar-refractivity contribution >= 4 is 23.1 Å². The van der Waals surface area contributed by atoms with Gasteiger partial charge in [-0.15, -0.1) is 11.3 Å². The van der Waals surface area contributed by atoms with Crippen LogP contribution < -0.4 is 10.6 Å². The van der Waals surface area contributed by atoms with Gasteiger partial charge in [-0.2, -0.15) is 4.98 Å². The van der Waals surface area contributed by atoms with Crippen molar-refractivity contribution in [2.24, 2.45) is 0 Å². The molecule has 2 N–H and O–H groups in total. The highest BCUT2D eigenvalue weighted by molar-refractivity contribution is 7.12. The Morgan fingerprint density at radius 3 is 2.56 bits per heavy atom. The molecule has 0 fully saturated rings. The first-order valence-electron chi connectivity index (χ1n) is 5.91. The summed E-state index contributed by atoms with van der Waals surface area (Å²) in [5.74, 6) is 1.51. The molecule has 0 unspecified atom stereocenters. The van der Waals surface area contributed by atoms with Crippen LogP contribution in [0.2, 0.25) is 0 Å². The van der Waals surface area contributed by atoms with Crippen molar-refractivity contribution in [2.75, 3.05) is 17.7 Å². The minimum atomic E-state index is 0.649. The molecule has 0 amide bonds. The molecule has 96 valence electrons. The van der Waals surface area contributed by atoms with E-state index < -0.39 is 0 Å². The van der Waals surface area contributed by atoms with Crippen LogP contribution in [-0.4, -0.2) is 17.0 Å². The largest absolute Gasteiger partial charge is 0.365 e.